The molecule has 2 fully saturated rings. The molecule has 40 heteroatoms. The van der Waals surface area contributed by atoms with Gasteiger partial charge in [-0.1, -0.05) is 116 Å². The Labute approximate surface area is 739 Å². The molecule has 0 unspecified atom stereocenters. The van der Waals surface area contributed by atoms with Crippen LogP contribution in [-0.4, -0.2) is 219 Å². The maximum Gasteiger partial charge on any atom is 0.446 e. The highest BCUT2D eigenvalue weighted by atomic mass is 32.3. The second-order valence-corrected chi connectivity index (χ2v) is 33.6. The van der Waals surface area contributed by atoms with Gasteiger partial charge in [0.25, 0.3) is 11.8 Å². The molecule has 0 spiro atoms. The summed E-state index contributed by atoms with van der Waals surface area (Å²) < 4.78 is 37.2. The minimum Gasteiger partial charge on any atom is -0.481 e. The van der Waals surface area contributed by atoms with Gasteiger partial charge in [-0.25, -0.2) is 4.79 Å². The van der Waals surface area contributed by atoms with Crippen LogP contribution in [0, 0.1) is 0 Å². The first kappa shape index (κ1) is 97.6. The van der Waals surface area contributed by atoms with Crippen molar-refractivity contribution in [3.63, 3.8) is 0 Å². The maximum absolute atomic E-state index is 14.7. The number of aromatic nitrogens is 1. The van der Waals surface area contributed by atoms with Crippen molar-refractivity contribution in [2.75, 3.05) is 36.2 Å². The third-order valence-electron chi connectivity index (χ3n) is 20.9. The number of carboxylic acid groups (broad SMARTS) is 2. The minimum atomic E-state index is -5.02. The SMILES string of the molecule is CCC(=O)N[C@@H](CCCCNC(=O)CCCC[C@@H]1SC[C@@H]2NC(=O)N[C@@H]21)C(=O)NCCC[C@H](NC(=O)c1ccc(C(=O)c2ccccc2)cc1)C(=O)N[C@@H](CC(=O)O)C(=O)N[C@@H](Cc1ccc(OS(=O)(=O)O)cc1)C(=O)Nc1ccc(C(=O)N[C@@H](Cc2c[nH]c3ccccc23)C(=O)N[C@@H](CCSC)C(=O)N[C@@H](CC(=O)O)C(=O)N[C@@H](Cc2ccccc2)C(N)=O)cc1. The van der Waals surface area contributed by atoms with Crippen molar-refractivity contribution in [1.82, 2.24) is 68.8 Å². The molecule has 14 amide bonds. The third kappa shape index (κ3) is 31.2. The topological polar surface area (TPSA) is 575 Å². The quantitative estimate of drug-likeness (QED) is 0.0112. The fourth-order valence-electron chi connectivity index (χ4n) is 14.2. The van der Waals surface area contributed by atoms with Crippen LogP contribution in [0.15, 0.2) is 164 Å². The Morgan fingerprint density at radius 3 is 1.65 bits per heavy atom. The Hall–Kier alpha value is -13.2. The number of rotatable bonds is 51. The standard InChI is InChI=1S/C87H103N15O22S3/c1-3-71(103)93-61(23-14-15-40-89-72(104)26-13-12-25-70-75-69(49-126-70)101-87(120)102-75)80(113)90-41-16-24-62(94-78(111)54-31-29-53(30-32-54)76(109)52-19-8-5-9-20-52)81(114)99-68(47-74(107)108)86(119)98-65(44-51-27-37-58(38-28-51)124-127(121,122)123)83(116)92-57-35-33-55(34-36-57)79(112)97-66(45-56-48-91-60-22-11-10-21-59(56)60)84(117)95-63(39-42-125-2)82(115)100-67(46-73(105)106)85(118)96-64(77(88)110)43-50-17-6-4-7-18-50/h4-11,17-22,27-38,48,61-70,75,91H,3,12-16,23-26,39-47,49H2,1-2H3,(H2,88,110)(H,89,104)(H,90,113)(H,92,116)(H,93,103)(H,94,111)(H,95,117)(H,96,118)(H,97,112)(H,98,119)(H,99,114)(H,100,115)(H,105,106)(H,107,108)(H2,101,102,120)(H,121,122,123)/t61-,62-,63-,64-,65-,66-,67-,68-,69-,70-,75-/m0/s1. The molecular formula is C87H103N15O22S3. The smallest absolute Gasteiger partial charge is 0.446 e. The summed E-state index contributed by atoms with van der Waals surface area (Å²) in [6.45, 7) is 1.74. The molecule has 6 aromatic carbocycles. The maximum atomic E-state index is 14.7. The molecule has 1 aromatic heterocycles. The highest BCUT2D eigenvalue weighted by molar-refractivity contribution is 8.00. The first-order valence-electron chi connectivity index (χ1n) is 41.1. The van der Waals surface area contributed by atoms with Gasteiger partial charge in [-0.3, -0.25) is 76.5 Å². The molecule has 0 radical (unpaired) electrons. The number of nitrogens with two attached hydrogens (primary N) is 1. The number of ketones is 1. The molecule has 0 aliphatic carbocycles. The van der Waals surface area contributed by atoms with E-state index >= 15 is 0 Å². The van der Waals surface area contributed by atoms with Gasteiger partial charge in [-0.15, -0.1) is 0 Å². The number of hydrogen-bond acceptors (Lipinski definition) is 21. The Morgan fingerprint density at radius 1 is 0.512 bits per heavy atom. The lowest BCUT2D eigenvalue weighted by atomic mass is 10.0. The molecule has 2 saturated heterocycles. The number of anilines is 1. The molecule has 9 rings (SSSR count). The van der Waals surface area contributed by atoms with E-state index in [1.165, 1.54) is 72.4 Å². The lowest BCUT2D eigenvalue weighted by molar-refractivity contribution is -0.141. The van der Waals surface area contributed by atoms with Crippen LogP contribution in [-0.2, 0) is 87.2 Å². The molecule has 2 aliphatic rings. The molecule has 11 atom stereocenters. The zero-order valence-corrected chi connectivity index (χ0v) is 71.9. The number of thioether (sulfide) groups is 2. The van der Waals surface area contributed by atoms with Crippen molar-refractivity contribution < 1.29 is 104 Å². The zero-order chi connectivity index (χ0) is 91.7. The van der Waals surface area contributed by atoms with Crippen molar-refractivity contribution in [3.05, 3.63) is 203 Å². The number of para-hydroxylation sites is 1. The zero-order valence-electron chi connectivity index (χ0n) is 69.5. The molecule has 676 valence electrons. The predicted molar refractivity (Wildman–Crippen MR) is 470 cm³/mol. The van der Waals surface area contributed by atoms with Crippen LogP contribution in [0.4, 0.5) is 10.5 Å². The molecule has 3 heterocycles. The average molecular weight is 1810 g/mol. The summed E-state index contributed by atoms with van der Waals surface area (Å²) in [6, 6.07) is 26.7. The fourth-order valence-corrected chi connectivity index (χ4v) is 16.5. The van der Waals surface area contributed by atoms with Crippen LogP contribution < -0.4 is 79.0 Å². The van der Waals surface area contributed by atoms with E-state index < -0.39 is 155 Å². The van der Waals surface area contributed by atoms with E-state index in [1.54, 1.807) is 116 Å². The molecule has 19 N–H and O–H groups in total. The van der Waals surface area contributed by atoms with E-state index in [-0.39, 0.29) is 126 Å². The largest absolute Gasteiger partial charge is 0.481 e. The monoisotopic (exact) mass is 1810 g/mol. The molecular weight excluding hydrogens is 1700 g/mol. The predicted octanol–water partition coefficient (Wildman–Crippen LogP) is 3.56. The first-order valence-corrected chi connectivity index (χ1v) is 44.9. The minimum absolute atomic E-state index is 0.0256. The average Bonchev–Trinajstić information content (AvgIpc) is 1.67. The van der Waals surface area contributed by atoms with Gasteiger partial charge >= 0.3 is 28.4 Å². The number of aromatic amines is 1. The second kappa shape index (κ2) is 48.3. The van der Waals surface area contributed by atoms with Gasteiger partial charge in [0.2, 0.25) is 59.1 Å². The number of urea groups is 1. The normalized spacial score (nSPS) is 15.7. The Morgan fingerprint density at radius 2 is 1.02 bits per heavy atom. The molecule has 0 bridgehead atoms. The van der Waals surface area contributed by atoms with Crippen LogP contribution >= 0.6 is 23.5 Å². The lowest BCUT2D eigenvalue weighted by Gasteiger charge is -2.26. The molecule has 37 nitrogen and oxygen atoms in total. The summed E-state index contributed by atoms with van der Waals surface area (Å²) in [6.07, 6.45) is 3.80. The molecule has 7 aromatic rings. The van der Waals surface area contributed by atoms with Gasteiger partial charge in [0.1, 0.15) is 54.1 Å². The van der Waals surface area contributed by atoms with E-state index in [0.29, 0.717) is 59.8 Å². The third-order valence-corrected chi connectivity index (χ3v) is 23.4. The van der Waals surface area contributed by atoms with Gasteiger partial charge < -0.3 is 94.2 Å². The van der Waals surface area contributed by atoms with Gasteiger partial charge in [0.15, 0.2) is 5.78 Å². The number of carboxylic acids is 2. The van der Waals surface area contributed by atoms with Gasteiger partial charge in [-0.2, -0.15) is 31.9 Å². The van der Waals surface area contributed by atoms with E-state index in [4.69, 9.17) is 5.73 Å². The summed E-state index contributed by atoms with van der Waals surface area (Å²) in [4.78, 5) is 220. The molecule has 127 heavy (non-hydrogen) atoms. The summed E-state index contributed by atoms with van der Waals surface area (Å²) in [5.41, 5.74) is 8.07. The Balaban J connectivity index is 0.886. The lowest BCUT2D eigenvalue weighted by Crippen LogP contribution is -2.59. The summed E-state index contributed by atoms with van der Waals surface area (Å²) in [5.74, 6) is -12.9. The Kier molecular flexibility index (Phi) is 37.1. The summed E-state index contributed by atoms with van der Waals surface area (Å²) in [7, 11) is -5.02. The van der Waals surface area contributed by atoms with Crippen LogP contribution in [0.1, 0.15) is 144 Å². The Bertz CT molecular complexity index is 5190. The number of amides is 14. The number of carbonyl (C=O) groups is 16. The summed E-state index contributed by atoms with van der Waals surface area (Å²) >= 11 is 3.09. The van der Waals surface area contributed by atoms with Gasteiger partial charge in [0, 0.05) is 101 Å². The van der Waals surface area contributed by atoms with E-state index in [1.807, 2.05) is 0 Å². The van der Waals surface area contributed by atoms with Crippen molar-refractivity contribution in [2.45, 2.75) is 175 Å². The summed E-state index contributed by atoms with van der Waals surface area (Å²) in [5, 5.41) is 55.7. The van der Waals surface area contributed by atoms with Gasteiger partial charge in [0.05, 0.1) is 24.9 Å². The number of carbonyl (C=O) groups excluding carboxylic acids is 14. The number of fused-ring (bicyclic) bond motifs is 2. The number of aliphatic carboxylic acids is 2. The highest BCUT2D eigenvalue weighted by Crippen LogP contribution is 2.33. The van der Waals surface area contributed by atoms with Crippen molar-refractivity contribution in [3.8, 4) is 5.75 Å². The van der Waals surface area contributed by atoms with Gasteiger partial charge in [-0.05, 0) is 135 Å². The second-order valence-electron chi connectivity index (χ2n) is 30.3. The van der Waals surface area contributed by atoms with Crippen LogP contribution in [0.3, 0.4) is 0 Å². The number of primary amides is 1. The van der Waals surface area contributed by atoms with Crippen LogP contribution in [0.25, 0.3) is 10.9 Å². The van der Waals surface area contributed by atoms with E-state index in [9.17, 15) is 99.9 Å². The van der Waals surface area contributed by atoms with E-state index in [2.05, 4.69) is 78.3 Å². The fraction of sp³-hybridized carbons (Fsp3) is 0.379. The van der Waals surface area contributed by atoms with Crippen molar-refractivity contribution >= 4 is 145 Å². The number of H-pyrrole nitrogens is 1. The van der Waals surface area contributed by atoms with Crippen molar-refractivity contribution in [1.29, 1.82) is 0 Å². The first-order chi connectivity index (χ1) is 60.8. The number of benzene rings is 6. The highest BCUT2D eigenvalue weighted by Gasteiger charge is 2.43. The molecule has 2 aliphatic heterocycles. The van der Waals surface area contributed by atoms with Crippen LogP contribution in [0.5, 0.6) is 5.75 Å². The number of hydrogen-bond donors (Lipinski definition) is 18. The number of nitrogens with one attached hydrogen (secondary N) is 14. The molecule has 0 saturated carbocycles. The van der Waals surface area contributed by atoms with Crippen molar-refractivity contribution in [2.24, 2.45) is 5.73 Å². The van der Waals surface area contributed by atoms with E-state index in [0.717, 1.165) is 30.7 Å². The van der Waals surface area contributed by atoms with Crippen LogP contribution in [0.2, 0.25) is 0 Å². The number of unbranched alkanes of at least 4 members (excludes halogenated alkanes) is 2.